The van der Waals surface area contributed by atoms with Crippen LogP contribution in [0, 0.1) is 24.9 Å². The van der Waals surface area contributed by atoms with Gasteiger partial charge in [-0.3, -0.25) is 14.9 Å². The predicted molar refractivity (Wildman–Crippen MR) is 79.7 cm³/mol. The van der Waals surface area contributed by atoms with Gasteiger partial charge in [-0.25, -0.2) is 4.39 Å². The van der Waals surface area contributed by atoms with Gasteiger partial charge in [0.05, 0.1) is 27.7 Å². The lowest BCUT2D eigenvalue weighted by Gasteiger charge is -2.26. The molecule has 0 spiro atoms. The van der Waals surface area contributed by atoms with Gasteiger partial charge in [-0.1, -0.05) is 0 Å². The van der Waals surface area contributed by atoms with E-state index in [4.69, 9.17) is 4.74 Å². The van der Waals surface area contributed by atoms with Crippen LogP contribution < -0.4 is 5.32 Å². The maximum Gasteiger partial charge on any atom is 0.313 e. The molecular weight excluding hydrogens is 398 g/mol. The molecule has 9 heteroatoms. The molecule has 0 aliphatic carbocycles. The third-order valence-electron chi connectivity index (χ3n) is 3.51. The molecule has 2 atom stereocenters. The van der Waals surface area contributed by atoms with Crippen LogP contribution in [0.25, 0.3) is 0 Å². The largest absolute Gasteiger partial charge is 0.481 e. The number of halogens is 2. The molecule has 0 amide bonds. The Hall–Kier alpha value is -1.49. The molecule has 0 bridgehead atoms. The quantitative estimate of drug-likeness (QED) is 0.449. The highest BCUT2D eigenvalue weighted by molar-refractivity contribution is 14.1. The van der Waals surface area contributed by atoms with Gasteiger partial charge >= 0.3 is 5.97 Å². The fourth-order valence-corrected chi connectivity index (χ4v) is 2.53. The first-order valence-corrected chi connectivity index (χ1v) is 7.04. The number of hydrogen-bond donors (Lipinski definition) is 2. The van der Waals surface area contributed by atoms with Gasteiger partial charge in [-0.2, -0.15) is 0 Å². The Morgan fingerprint density at radius 3 is 2.90 bits per heavy atom. The van der Waals surface area contributed by atoms with Crippen molar-refractivity contribution in [2.75, 3.05) is 18.5 Å². The topological polar surface area (TPSA) is 102 Å². The molecule has 1 heterocycles. The van der Waals surface area contributed by atoms with Crippen LogP contribution in [0.15, 0.2) is 12.1 Å². The number of anilines is 1. The molecule has 1 fully saturated rings. The van der Waals surface area contributed by atoms with Crippen LogP contribution in [0.1, 0.15) is 6.92 Å². The van der Waals surface area contributed by atoms with E-state index in [9.17, 15) is 24.4 Å². The van der Waals surface area contributed by atoms with Crippen LogP contribution in [0.4, 0.5) is 15.8 Å². The van der Waals surface area contributed by atoms with Gasteiger partial charge < -0.3 is 15.2 Å². The minimum Gasteiger partial charge on any atom is -0.481 e. The van der Waals surface area contributed by atoms with E-state index >= 15 is 0 Å². The Morgan fingerprint density at radius 2 is 2.33 bits per heavy atom. The second-order valence-electron chi connectivity index (χ2n) is 4.98. The highest BCUT2D eigenvalue weighted by atomic mass is 127. The second-order valence-corrected chi connectivity index (χ2v) is 6.14. The van der Waals surface area contributed by atoms with E-state index in [2.05, 4.69) is 5.32 Å². The van der Waals surface area contributed by atoms with Crippen molar-refractivity contribution < 1.29 is 24.0 Å². The van der Waals surface area contributed by atoms with Gasteiger partial charge in [0.2, 0.25) is 0 Å². The number of hydrogen-bond acceptors (Lipinski definition) is 5. The number of ether oxygens (including phenoxy) is 1. The molecular formula is C12H12FIN2O5. The van der Waals surface area contributed by atoms with E-state index in [1.54, 1.807) is 22.6 Å². The molecule has 1 aromatic carbocycles. The van der Waals surface area contributed by atoms with E-state index in [1.165, 1.54) is 6.92 Å². The molecule has 0 saturated carbocycles. The van der Waals surface area contributed by atoms with Crippen LogP contribution in [0.5, 0.6) is 0 Å². The van der Waals surface area contributed by atoms with E-state index < -0.39 is 28.2 Å². The Balaban J connectivity index is 2.37. The lowest BCUT2D eigenvalue weighted by Crippen LogP contribution is -2.43. The SMILES string of the molecule is CC1(C(=O)O)COCC1Nc1cc(F)c(I)cc1[N+](=O)[O-]. The third-order valence-corrected chi connectivity index (χ3v) is 4.34. The summed E-state index contributed by atoms with van der Waals surface area (Å²) in [5, 5.41) is 23.1. The summed E-state index contributed by atoms with van der Waals surface area (Å²) in [6, 6.07) is 1.42. The van der Waals surface area contributed by atoms with Gasteiger partial charge in [-0.05, 0) is 29.5 Å². The number of rotatable bonds is 4. The third kappa shape index (κ3) is 2.93. The summed E-state index contributed by atoms with van der Waals surface area (Å²) in [6.45, 7) is 1.54. The van der Waals surface area contributed by atoms with Crippen molar-refractivity contribution in [3.8, 4) is 0 Å². The molecule has 1 aromatic rings. The summed E-state index contributed by atoms with van der Waals surface area (Å²) in [5.41, 5.74) is -1.59. The number of nitro groups is 1. The Bertz CT molecular complexity index is 612. The summed E-state index contributed by atoms with van der Waals surface area (Å²) in [6.07, 6.45) is 0. The number of carbonyl (C=O) groups is 1. The monoisotopic (exact) mass is 410 g/mol. The minimum absolute atomic E-state index is 0.0132. The predicted octanol–water partition coefficient (Wildman–Crippen LogP) is 2.24. The average Bonchev–Trinajstić information content (AvgIpc) is 2.76. The Morgan fingerprint density at radius 1 is 1.67 bits per heavy atom. The number of benzene rings is 1. The summed E-state index contributed by atoms with van der Waals surface area (Å²) in [7, 11) is 0. The van der Waals surface area contributed by atoms with Crippen molar-refractivity contribution in [1.82, 2.24) is 0 Å². The number of carboxylic acid groups (broad SMARTS) is 1. The first-order chi connectivity index (χ1) is 9.75. The number of nitro benzene ring substituents is 1. The number of carboxylic acids is 1. The lowest BCUT2D eigenvalue weighted by atomic mass is 9.85. The van der Waals surface area contributed by atoms with E-state index in [0.29, 0.717) is 0 Å². The van der Waals surface area contributed by atoms with Crippen molar-refractivity contribution in [2.45, 2.75) is 13.0 Å². The maximum atomic E-state index is 13.6. The van der Waals surface area contributed by atoms with Crippen LogP contribution in [-0.2, 0) is 9.53 Å². The van der Waals surface area contributed by atoms with Crippen LogP contribution >= 0.6 is 22.6 Å². The Labute approximate surface area is 132 Å². The van der Waals surface area contributed by atoms with Gasteiger partial charge in [0.1, 0.15) is 16.9 Å². The molecule has 1 aliphatic rings. The molecule has 2 rings (SSSR count). The van der Waals surface area contributed by atoms with Crippen LogP contribution in [0.3, 0.4) is 0 Å². The van der Waals surface area contributed by atoms with E-state index in [-0.39, 0.29) is 28.2 Å². The number of nitrogens with zero attached hydrogens (tertiary/aromatic N) is 1. The molecule has 0 radical (unpaired) electrons. The standard InChI is InChI=1S/C12H12FIN2O5/c1-12(11(17)18)5-21-4-10(12)15-8-2-6(13)7(14)3-9(8)16(19)20/h2-3,10,15H,4-5H2,1H3,(H,17,18). The van der Waals surface area contributed by atoms with Gasteiger partial charge in [0.15, 0.2) is 0 Å². The van der Waals surface area contributed by atoms with E-state index in [1.807, 2.05) is 0 Å². The summed E-state index contributed by atoms with van der Waals surface area (Å²) in [5.74, 6) is -1.69. The van der Waals surface area contributed by atoms with Crippen LogP contribution in [0.2, 0.25) is 0 Å². The smallest absolute Gasteiger partial charge is 0.313 e. The molecule has 1 aliphatic heterocycles. The first-order valence-electron chi connectivity index (χ1n) is 5.97. The lowest BCUT2D eigenvalue weighted by molar-refractivity contribution is -0.384. The zero-order valence-electron chi connectivity index (χ0n) is 10.9. The van der Waals surface area contributed by atoms with Crippen molar-refractivity contribution >= 4 is 39.9 Å². The summed E-state index contributed by atoms with van der Waals surface area (Å²) in [4.78, 5) is 21.7. The Kier molecular flexibility index (Phi) is 4.33. The molecule has 114 valence electrons. The molecule has 0 aromatic heterocycles. The second kappa shape index (κ2) is 5.72. The molecule has 1 saturated heterocycles. The molecule has 7 nitrogen and oxygen atoms in total. The zero-order valence-corrected chi connectivity index (χ0v) is 13.1. The van der Waals surface area contributed by atoms with Crippen molar-refractivity contribution in [1.29, 1.82) is 0 Å². The first kappa shape index (κ1) is 15.9. The van der Waals surface area contributed by atoms with E-state index in [0.717, 1.165) is 12.1 Å². The fraction of sp³-hybridized carbons (Fsp3) is 0.417. The fourth-order valence-electron chi connectivity index (χ4n) is 2.08. The van der Waals surface area contributed by atoms with Gasteiger partial charge in [0, 0.05) is 12.1 Å². The van der Waals surface area contributed by atoms with Crippen molar-refractivity contribution in [3.63, 3.8) is 0 Å². The number of aliphatic carboxylic acids is 1. The minimum atomic E-state index is -1.23. The maximum absolute atomic E-state index is 13.6. The van der Waals surface area contributed by atoms with Crippen molar-refractivity contribution in [3.05, 3.63) is 31.6 Å². The number of nitrogens with one attached hydrogen (secondary N) is 1. The molecule has 2 N–H and O–H groups in total. The van der Waals surface area contributed by atoms with Gasteiger partial charge in [0.25, 0.3) is 5.69 Å². The highest BCUT2D eigenvalue weighted by Gasteiger charge is 2.47. The van der Waals surface area contributed by atoms with Gasteiger partial charge in [-0.15, -0.1) is 0 Å². The summed E-state index contributed by atoms with van der Waals surface area (Å²) < 4.78 is 18.9. The molecule has 21 heavy (non-hydrogen) atoms. The normalized spacial score (nSPS) is 24.8. The van der Waals surface area contributed by atoms with Crippen molar-refractivity contribution in [2.24, 2.45) is 5.41 Å². The average molecular weight is 410 g/mol. The summed E-state index contributed by atoms with van der Waals surface area (Å²) >= 11 is 1.66. The van der Waals surface area contributed by atoms with Crippen LogP contribution in [-0.4, -0.2) is 35.3 Å². The molecule has 2 unspecified atom stereocenters. The zero-order chi connectivity index (χ0) is 15.8. The highest BCUT2D eigenvalue weighted by Crippen LogP contribution is 2.35.